The van der Waals surface area contributed by atoms with Crippen LogP contribution in [0, 0.1) is 0 Å². The molecule has 3 aromatic carbocycles. The molecule has 1 aliphatic rings. The van der Waals surface area contributed by atoms with Gasteiger partial charge in [-0.05, 0) is 73.1 Å². The monoisotopic (exact) mass is 487 g/mol. The van der Waals surface area contributed by atoms with Crippen LogP contribution < -0.4 is 10.5 Å². The van der Waals surface area contributed by atoms with E-state index in [2.05, 4.69) is 55.5 Å². The van der Waals surface area contributed by atoms with Crippen LogP contribution in [0.2, 0.25) is 0 Å². The molecule has 0 saturated heterocycles. The van der Waals surface area contributed by atoms with E-state index in [1.807, 2.05) is 6.92 Å². The number of carbonyl (C=O) groups is 1. The predicted octanol–water partition coefficient (Wildman–Crippen LogP) is 7.63. The third-order valence-electron chi connectivity index (χ3n) is 6.87. The number of ether oxygens (including phenoxy) is 2. The van der Waals surface area contributed by atoms with Gasteiger partial charge in [0.2, 0.25) is 0 Å². The maximum atomic E-state index is 12.9. The van der Waals surface area contributed by atoms with Crippen LogP contribution in [0.25, 0.3) is 32.0 Å². The first-order chi connectivity index (χ1) is 17.1. The van der Waals surface area contributed by atoms with E-state index >= 15 is 0 Å². The summed E-state index contributed by atoms with van der Waals surface area (Å²) in [6.45, 7) is 4.68. The molecule has 0 bridgehead atoms. The first-order valence-electron chi connectivity index (χ1n) is 12.8. The van der Waals surface area contributed by atoms with Crippen LogP contribution in [0.1, 0.15) is 66.8 Å². The molecule has 1 aromatic heterocycles. The summed E-state index contributed by atoms with van der Waals surface area (Å²) < 4.78 is 13.1. The molecule has 35 heavy (non-hydrogen) atoms. The molecule has 1 saturated carbocycles. The Hall–Kier alpha value is -2.89. The smallest absolute Gasteiger partial charge is 0.339 e. The minimum atomic E-state index is -0.311. The largest absolute Gasteiger partial charge is 0.490 e. The van der Waals surface area contributed by atoms with Gasteiger partial charge in [0.1, 0.15) is 5.75 Å². The van der Waals surface area contributed by atoms with Crippen LogP contribution in [0.3, 0.4) is 0 Å². The Morgan fingerprint density at radius 3 is 2.57 bits per heavy atom. The van der Waals surface area contributed by atoms with Crippen LogP contribution in [-0.4, -0.2) is 18.7 Å². The van der Waals surface area contributed by atoms with E-state index in [1.165, 1.54) is 34.7 Å². The SMILES string of the molecule is CCCc1cc(-c2cc3sc(CN)c(C(=O)OCC)c3cc2OC2CCCC2)c2ccccc2c1. The van der Waals surface area contributed by atoms with E-state index in [1.54, 1.807) is 11.3 Å². The van der Waals surface area contributed by atoms with Gasteiger partial charge in [-0.15, -0.1) is 11.3 Å². The summed E-state index contributed by atoms with van der Waals surface area (Å²) in [4.78, 5) is 13.7. The van der Waals surface area contributed by atoms with Gasteiger partial charge in [0, 0.05) is 27.1 Å². The molecule has 5 heteroatoms. The van der Waals surface area contributed by atoms with Crippen molar-refractivity contribution in [2.24, 2.45) is 5.73 Å². The van der Waals surface area contributed by atoms with Gasteiger partial charge in [0.05, 0.1) is 18.3 Å². The highest BCUT2D eigenvalue weighted by Gasteiger charge is 2.24. The first-order valence-corrected chi connectivity index (χ1v) is 13.6. The Balaban J connectivity index is 1.76. The predicted molar refractivity (Wildman–Crippen MR) is 145 cm³/mol. The Labute approximate surface area is 211 Å². The molecule has 0 radical (unpaired) electrons. The Morgan fingerprint density at radius 2 is 1.83 bits per heavy atom. The molecule has 5 rings (SSSR count). The second kappa shape index (κ2) is 10.4. The van der Waals surface area contributed by atoms with Crippen molar-refractivity contribution in [3.05, 3.63) is 64.5 Å². The zero-order valence-corrected chi connectivity index (χ0v) is 21.4. The van der Waals surface area contributed by atoms with Gasteiger partial charge in [0.25, 0.3) is 0 Å². The number of hydrogen-bond acceptors (Lipinski definition) is 5. The molecular formula is C30H33NO3S. The molecule has 2 N–H and O–H groups in total. The number of esters is 1. The molecule has 0 spiro atoms. The van der Waals surface area contributed by atoms with Crippen LogP contribution in [0.15, 0.2) is 48.5 Å². The molecule has 182 valence electrons. The number of thiophene rings is 1. The quantitative estimate of drug-likeness (QED) is 0.260. The van der Waals surface area contributed by atoms with Gasteiger partial charge < -0.3 is 15.2 Å². The van der Waals surface area contributed by atoms with E-state index < -0.39 is 0 Å². The molecule has 4 nitrogen and oxygen atoms in total. The van der Waals surface area contributed by atoms with Crippen LogP contribution in [0.5, 0.6) is 5.75 Å². The molecule has 4 aromatic rings. The van der Waals surface area contributed by atoms with E-state index in [0.29, 0.717) is 18.7 Å². The third-order valence-corrected chi connectivity index (χ3v) is 8.05. The number of hydrogen-bond donors (Lipinski definition) is 1. The lowest BCUT2D eigenvalue weighted by Gasteiger charge is -2.19. The van der Waals surface area contributed by atoms with Crippen molar-refractivity contribution in [3.8, 4) is 16.9 Å². The van der Waals surface area contributed by atoms with Crippen molar-refractivity contribution in [1.29, 1.82) is 0 Å². The van der Waals surface area contributed by atoms with Gasteiger partial charge >= 0.3 is 5.97 Å². The number of benzene rings is 3. The summed E-state index contributed by atoms with van der Waals surface area (Å²) >= 11 is 1.58. The lowest BCUT2D eigenvalue weighted by molar-refractivity contribution is 0.0528. The fraction of sp³-hybridized carbons (Fsp3) is 0.367. The molecule has 1 aliphatic carbocycles. The van der Waals surface area contributed by atoms with Crippen molar-refractivity contribution < 1.29 is 14.3 Å². The maximum Gasteiger partial charge on any atom is 0.339 e. The summed E-state index contributed by atoms with van der Waals surface area (Å²) in [5.74, 6) is 0.532. The average Bonchev–Trinajstić information content (AvgIpc) is 3.50. The summed E-state index contributed by atoms with van der Waals surface area (Å²) in [5.41, 5.74) is 10.2. The van der Waals surface area contributed by atoms with Gasteiger partial charge in [0.15, 0.2) is 0 Å². The fourth-order valence-corrected chi connectivity index (χ4v) is 6.36. The minimum Gasteiger partial charge on any atom is -0.490 e. The Kier molecular flexibility index (Phi) is 7.07. The highest BCUT2D eigenvalue weighted by Crippen LogP contribution is 2.44. The number of fused-ring (bicyclic) bond motifs is 2. The summed E-state index contributed by atoms with van der Waals surface area (Å²) in [5, 5.41) is 3.32. The highest BCUT2D eigenvalue weighted by molar-refractivity contribution is 7.19. The number of rotatable bonds is 8. The van der Waals surface area contributed by atoms with Crippen LogP contribution in [-0.2, 0) is 17.7 Å². The van der Waals surface area contributed by atoms with Crippen molar-refractivity contribution in [1.82, 2.24) is 0 Å². The van der Waals surface area contributed by atoms with E-state index in [-0.39, 0.29) is 12.1 Å². The highest BCUT2D eigenvalue weighted by atomic mass is 32.1. The van der Waals surface area contributed by atoms with Gasteiger partial charge in [-0.3, -0.25) is 0 Å². The normalized spacial score (nSPS) is 14.1. The zero-order valence-electron chi connectivity index (χ0n) is 20.6. The molecule has 0 aliphatic heterocycles. The summed E-state index contributed by atoms with van der Waals surface area (Å²) in [7, 11) is 0. The van der Waals surface area contributed by atoms with E-state index in [4.69, 9.17) is 15.2 Å². The molecule has 0 amide bonds. The second-order valence-electron chi connectivity index (χ2n) is 9.31. The topological polar surface area (TPSA) is 61.6 Å². The molecule has 1 heterocycles. The number of carbonyl (C=O) groups excluding carboxylic acids is 1. The van der Waals surface area contributed by atoms with Crippen LogP contribution >= 0.6 is 11.3 Å². The van der Waals surface area contributed by atoms with E-state index in [9.17, 15) is 4.79 Å². The van der Waals surface area contributed by atoms with Crippen molar-refractivity contribution in [2.75, 3.05) is 6.61 Å². The fourth-order valence-electron chi connectivity index (χ4n) is 5.27. The molecule has 0 unspecified atom stereocenters. The van der Waals surface area contributed by atoms with Gasteiger partial charge in [-0.1, -0.05) is 49.7 Å². The average molecular weight is 488 g/mol. The van der Waals surface area contributed by atoms with Crippen molar-refractivity contribution in [3.63, 3.8) is 0 Å². The van der Waals surface area contributed by atoms with Crippen LogP contribution in [0.4, 0.5) is 0 Å². The lowest BCUT2D eigenvalue weighted by Crippen LogP contribution is -2.12. The molecule has 0 atom stereocenters. The first kappa shape index (κ1) is 23.8. The standard InChI is InChI=1S/C30H33NO3S/c1-3-9-19-14-20-10-5-8-13-22(20)23(15-19)24-17-27-25(16-26(24)34-21-11-6-7-12-21)29(28(18-31)35-27)30(32)33-4-2/h5,8,10,13-17,21H,3-4,6-7,9,11-12,18,31H2,1-2H3. The van der Waals surface area contributed by atoms with Gasteiger partial charge in [-0.2, -0.15) is 0 Å². The summed E-state index contributed by atoms with van der Waals surface area (Å²) in [6, 6.07) is 17.4. The van der Waals surface area contributed by atoms with E-state index in [0.717, 1.165) is 52.0 Å². The Morgan fingerprint density at radius 1 is 1.03 bits per heavy atom. The number of aryl methyl sites for hydroxylation is 1. The number of nitrogens with two attached hydrogens (primary N) is 1. The van der Waals surface area contributed by atoms with Crippen molar-refractivity contribution in [2.45, 2.75) is 65.0 Å². The third kappa shape index (κ3) is 4.67. The minimum absolute atomic E-state index is 0.204. The summed E-state index contributed by atoms with van der Waals surface area (Å²) in [6.07, 6.45) is 6.85. The van der Waals surface area contributed by atoms with Crippen molar-refractivity contribution >= 4 is 38.2 Å². The molecular weight excluding hydrogens is 454 g/mol. The molecule has 1 fully saturated rings. The zero-order chi connectivity index (χ0) is 24.4. The second-order valence-corrected chi connectivity index (χ2v) is 10.4. The van der Waals surface area contributed by atoms with Gasteiger partial charge in [-0.25, -0.2) is 4.79 Å². The maximum absolute atomic E-state index is 12.9. The Bertz CT molecular complexity index is 1370. The lowest BCUT2D eigenvalue weighted by atomic mass is 9.93.